The molecule has 110 valence electrons. The minimum atomic E-state index is -0.648. The maximum absolute atomic E-state index is 13.3. The molecule has 0 bridgehead atoms. The Labute approximate surface area is 117 Å². The van der Waals surface area contributed by atoms with E-state index in [1.54, 1.807) is 13.0 Å². The van der Waals surface area contributed by atoms with Crippen molar-refractivity contribution in [3.8, 4) is 0 Å². The van der Waals surface area contributed by atoms with Crippen LogP contribution in [0.1, 0.15) is 19.4 Å². The van der Waals surface area contributed by atoms with Gasteiger partial charge in [0, 0.05) is 11.3 Å². The molecule has 0 fully saturated rings. The van der Waals surface area contributed by atoms with E-state index in [1.165, 1.54) is 12.1 Å². The van der Waals surface area contributed by atoms with Crippen molar-refractivity contribution in [2.24, 2.45) is 5.92 Å². The Morgan fingerprint density at radius 3 is 2.70 bits per heavy atom. The van der Waals surface area contributed by atoms with Crippen LogP contribution in [0.5, 0.6) is 0 Å². The smallest absolute Gasteiger partial charge is 0.407 e. The molecule has 5 nitrogen and oxygen atoms in total. The lowest BCUT2D eigenvalue weighted by atomic mass is 10.2. The third-order valence-corrected chi connectivity index (χ3v) is 2.48. The summed E-state index contributed by atoms with van der Waals surface area (Å²) < 4.78 is 18.1. The van der Waals surface area contributed by atoms with Gasteiger partial charge < -0.3 is 15.4 Å². The van der Waals surface area contributed by atoms with Crippen LogP contribution in [0, 0.1) is 18.7 Å². The molecule has 0 unspecified atom stereocenters. The summed E-state index contributed by atoms with van der Waals surface area (Å²) in [5, 5.41) is 4.85. The molecule has 1 rings (SSSR count). The number of amides is 2. The molecule has 0 saturated carbocycles. The molecular weight excluding hydrogens is 263 g/mol. The molecule has 2 amide bonds. The fraction of sp³-hybridized carbons (Fsp3) is 0.429. The summed E-state index contributed by atoms with van der Waals surface area (Å²) in [6.07, 6.45) is -0.648. The van der Waals surface area contributed by atoms with Crippen LogP contribution in [-0.2, 0) is 9.53 Å². The lowest BCUT2D eigenvalue weighted by Gasteiger charge is -2.10. The van der Waals surface area contributed by atoms with E-state index in [4.69, 9.17) is 4.74 Å². The first-order chi connectivity index (χ1) is 9.40. The van der Waals surface area contributed by atoms with Gasteiger partial charge in [-0.05, 0) is 25.0 Å². The van der Waals surface area contributed by atoms with Crippen LogP contribution in [0.4, 0.5) is 14.9 Å². The molecule has 1 aromatic rings. The third kappa shape index (κ3) is 5.26. The number of alkyl carbamates (subject to hydrolysis) is 1. The van der Waals surface area contributed by atoms with Gasteiger partial charge in [-0.2, -0.15) is 0 Å². The highest BCUT2D eigenvalue weighted by atomic mass is 19.1. The van der Waals surface area contributed by atoms with Crippen LogP contribution in [0.2, 0.25) is 0 Å². The Bertz CT molecular complexity index is 489. The molecular formula is C14H19FN2O3. The number of carbonyl (C=O) groups excluding carboxylic acids is 2. The highest BCUT2D eigenvalue weighted by molar-refractivity contribution is 5.94. The van der Waals surface area contributed by atoms with Crippen molar-refractivity contribution in [3.63, 3.8) is 0 Å². The van der Waals surface area contributed by atoms with Crippen molar-refractivity contribution in [1.82, 2.24) is 5.32 Å². The molecule has 20 heavy (non-hydrogen) atoms. The van der Waals surface area contributed by atoms with Gasteiger partial charge in [0.15, 0.2) is 0 Å². The van der Waals surface area contributed by atoms with Crippen LogP contribution in [0.3, 0.4) is 0 Å². The van der Waals surface area contributed by atoms with Crippen LogP contribution in [0.15, 0.2) is 18.2 Å². The summed E-state index contributed by atoms with van der Waals surface area (Å²) in [5.41, 5.74) is 0.732. The normalized spacial score (nSPS) is 10.2. The number of nitrogens with one attached hydrogen (secondary N) is 2. The van der Waals surface area contributed by atoms with Gasteiger partial charge >= 0.3 is 6.09 Å². The number of rotatable bonds is 5. The van der Waals surface area contributed by atoms with Crippen LogP contribution < -0.4 is 10.6 Å². The minimum Gasteiger partial charge on any atom is -0.449 e. The molecule has 0 atom stereocenters. The van der Waals surface area contributed by atoms with E-state index in [2.05, 4.69) is 10.6 Å². The molecule has 0 aliphatic rings. The van der Waals surface area contributed by atoms with Gasteiger partial charge in [0.2, 0.25) is 5.91 Å². The Kier molecular flexibility index (Phi) is 5.96. The lowest BCUT2D eigenvalue weighted by Crippen LogP contribution is -2.34. The Morgan fingerprint density at radius 1 is 1.35 bits per heavy atom. The van der Waals surface area contributed by atoms with E-state index in [-0.39, 0.29) is 19.1 Å². The zero-order valence-corrected chi connectivity index (χ0v) is 11.8. The molecule has 0 radical (unpaired) electrons. The monoisotopic (exact) mass is 282 g/mol. The number of carbonyl (C=O) groups is 2. The summed E-state index contributed by atoms with van der Waals surface area (Å²) in [6.45, 7) is 5.44. The van der Waals surface area contributed by atoms with Crippen molar-refractivity contribution in [2.45, 2.75) is 20.8 Å². The van der Waals surface area contributed by atoms with Gasteiger partial charge in [0.1, 0.15) is 12.4 Å². The molecule has 0 aliphatic heterocycles. The SMILES string of the molecule is Cc1c(F)cccc1NC(=O)CNC(=O)OCC(C)C. The second-order valence-electron chi connectivity index (χ2n) is 4.81. The number of ether oxygens (including phenoxy) is 1. The van der Waals surface area contributed by atoms with Gasteiger partial charge in [-0.3, -0.25) is 4.79 Å². The van der Waals surface area contributed by atoms with Crippen molar-refractivity contribution in [2.75, 3.05) is 18.5 Å². The molecule has 0 spiro atoms. The van der Waals surface area contributed by atoms with E-state index in [0.717, 1.165) is 0 Å². The Hall–Kier alpha value is -2.11. The molecule has 0 aromatic heterocycles. The van der Waals surface area contributed by atoms with Crippen molar-refractivity contribution in [1.29, 1.82) is 0 Å². The zero-order chi connectivity index (χ0) is 15.1. The topological polar surface area (TPSA) is 67.4 Å². The molecule has 0 saturated heterocycles. The number of anilines is 1. The van der Waals surface area contributed by atoms with Gasteiger partial charge in [0.05, 0.1) is 6.61 Å². The van der Waals surface area contributed by atoms with E-state index < -0.39 is 17.8 Å². The second-order valence-corrected chi connectivity index (χ2v) is 4.81. The number of halogens is 1. The van der Waals surface area contributed by atoms with Gasteiger partial charge in [-0.15, -0.1) is 0 Å². The van der Waals surface area contributed by atoms with Crippen molar-refractivity contribution >= 4 is 17.7 Å². The summed E-state index contributed by atoms with van der Waals surface area (Å²) in [6, 6.07) is 4.40. The summed E-state index contributed by atoms with van der Waals surface area (Å²) in [4.78, 5) is 22.9. The third-order valence-electron chi connectivity index (χ3n) is 2.48. The summed E-state index contributed by atoms with van der Waals surface area (Å²) >= 11 is 0. The summed E-state index contributed by atoms with van der Waals surface area (Å²) in [7, 11) is 0. The second kappa shape index (κ2) is 7.47. The first-order valence-corrected chi connectivity index (χ1v) is 6.35. The number of hydrogen-bond acceptors (Lipinski definition) is 3. The Balaban J connectivity index is 2.40. The number of hydrogen-bond donors (Lipinski definition) is 2. The first-order valence-electron chi connectivity index (χ1n) is 6.35. The van der Waals surface area contributed by atoms with E-state index in [0.29, 0.717) is 11.3 Å². The lowest BCUT2D eigenvalue weighted by molar-refractivity contribution is -0.115. The average Bonchev–Trinajstić information content (AvgIpc) is 2.39. The predicted octanol–water partition coefficient (Wildman–Crippen LogP) is 2.45. The van der Waals surface area contributed by atoms with Gasteiger partial charge in [-0.1, -0.05) is 19.9 Å². The van der Waals surface area contributed by atoms with Crippen LogP contribution in [-0.4, -0.2) is 25.2 Å². The number of benzene rings is 1. The van der Waals surface area contributed by atoms with E-state index >= 15 is 0 Å². The fourth-order valence-electron chi connectivity index (χ4n) is 1.38. The van der Waals surface area contributed by atoms with Gasteiger partial charge in [0.25, 0.3) is 0 Å². The average molecular weight is 282 g/mol. The maximum Gasteiger partial charge on any atom is 0.407 e. The summed E-state index contributed by atoms with van der Waals surface area (Å²) in [5.74, 6) is -0.614. The Morgan fingerprint density at radius 2 is 2.05 bits per heavy atom. The van der Waals surface area contributed by atoms with E-state index in [9.17, 15) is 14.0 Å². The van der Waals surface area contributed by atoms with Crippen molar-refractivity contribution in [3.05, 3.63) is 29.6 Å². The quantitative estimate of drug-likeness (QED) is 0.871. The molecule has 0 aliphatic carbocycles. The maximum atomic E-state index is 13.3. The fourth-order valence-corrected chi connectivity index (χ4v) is 1.38. The standard InChI is InChI=1S/C14H19FN2O3/c1-9(2)8-20-14(19)16-7-13(18)17-12-6-4-5-11(15)10(12)3/h4-6,9H,7-8H2,1-3H3,(H,16,19)(H,17,18). The largest absolute Gasteiger partial charge is 0.449 e. The van der Waals surface area contributed by atoms with E-state index in [1.807, 2.05) is 13.8 Å². The minimum absolute atomic E-state index is 0.226. The van der Waals surface area contributed by atoms with Gasteiger partial charge in [-0.25, -0.2) is 9.18 Å². The zero-order valence-electron chi connectivity index (χ0n) is 11.8. The molecule has 2 N–H and O–H groups in total. The van der Waals surface area contributed by atoms with Crippen LogP contribution in [0.25, 0.3) is 0 Å². The highest BCUT2D eigenvalue weighted by Crippen LogP contribution is 2.16. The van der Waals surface area contributed by atoms with Crippen molar-refractivity contribution < 1.29 is 18.7 Å². The molecule has 1 aromatic carbocycles. The molecule has 6 heteroatoms. The first kappa shape index (κ1) is 15.9. The predicted molar refractivity (Wildman–Crippen MR) is 74.0 cm³/mol. The molecule has 0 heterocycles. The van der Waals surface area contributed by atoms with Crippen LogP contribution >= 0.6 is 0 Å². The highest BCUT2D eigenvalue weighted by Gasteiger charge is 2.09.